The van der Waals surface area contributed by atoms with Gasteiger partial charge in [-0.25, -0.2) is 0 Å². The maximum Gasteiger partial charge on any atom is 0.413 e. The molecule has 0 bridgehead atoms. The van der Waals surface area contributed by atoms with Crippen LogP contribution in [0.25, 0.3) is 0 Å². The van der Waals surface area contributed by atoms with Gasteiger partial charge in [0.2, 0.25) is 0 Å². The van der Waals surface area contributed by atoms with Crippen LogP contribution in [0.3, 0.4) is 0 Å². The van der Waals surface area contributed by atoms with Gasteiger partial charge in [0.25, 0.3) is 0 Å². The number of halogens is 3. The minimum Gasteiger partial charge on any atom is -0.166 e. The molecular weight excluding hydrogens is 165 g/mol. The van der Waals surface area contributed by atoms with Crippen LogP contribution in [-0.2, 0) is 0 Å². The summed E-state index contributed by atoms with van der Waals surface area (Å²) in [5, 5.41) is 0. The Bertz CT molecular complexity index is 262. The van der Waals surface area contributed by atoms with Crippen LogP contribution in [0.1, 0.15) is 19.8 Å². The molecule has 1 rings (SSSR count). The highest BCUT2D eigenvalue weighted by Crippen LogP contribution is 2.32. The molecule has 66 valence electrons. The van der Waals surface area contributed by atoms with Crippen molar-refractivity contribution in [2.24, 2.45) is 0 Å². The molecule has 0 aromatic rings. The molecule has 0 atom stereocenters. The molecule has 0 aliphatic heterocycles. The van der Waals surface area contributed by atoms with Crippen LogP contribution in [0.5, 0.6) is 0 Å². The molecule has 0 aromatic carbocycles. The van der Waals surface area contributed by atoms with Crippen LogP contribution in [-0.4, -0.2) is 6.18 Å². The van der Waals surface area contributed by atoms with E-state index in [-0.39, 0.29) is 6.42 Å². The van der Waals surface area contributed by atoms with E-state index in [9.17, 15) is 13.2 Å². The lowest BCUT2D eigenvalue weighted by Crippen LogP contribution is -2.13. The zero-order chi connectivity index (χ0) is 9.19. The van der Waals surface area contributed by atoms with Crippen molar-refractivity contribution in [1.29, 1.82) is 0 Å². The van der Waals surface area contributed by atoms with Gasteiger partial charge in [-0.1, -0.05) is 6.92 Å². The van der Waals surface area contributed by atoms with E-state index in [1.165, 1.54) is 6.08 Å². The molecular formula is C9H9F3. The molecule has 0 fully saturated rings. The monoisotopic (exact) mass is 174 g/mol. The zero-order valence-electron chi connectivity index (χ0n) is 6.70. The average Bonchev–Trinajstić information content (AvgIpc) is 2.03. The Morgan fingerprint density at radius 3 is 2.67 bits per heavy atom. The van der Waals surface area contributed by atoms with Gasteiger partial charge in [-0.05, 0) is 24.1 Å². The lowest BCUT2D eigenvalue weighted by molar-refractivity contribution is -0.0932. The van der Waals surface area contributed by atoms with Crippen LogP contribution < -0.4 is 0 Å². The van der Waals surface area contributed by atoms with Gasteiger partial charge in [0, 0.05) is 12.0 Å². The van der Waals surface area contributed by atoms with Crippen molar-refractivity contribution in [1.82, 2.24) is 0 Å². The summed E-state index contributed by atoms with van der Waals surface area (Å²) in [5.41, 5.74) is 3.02. The molecule has 0 spiro atoms. The molecule has 1 aliphatic rings. The standard InChI is InChI=1S/C9H9F3/c1-2-7-4-3-5-8(6-7)9(10,11)12/h3,5H,2,6H2,1H3. The Morgan fingerprint density at radius 1 is 1.50 bits per heavy atom. The molecule has 0 saturated heterocycles. The van der Waals surface area contributed by atoms with Crippen molar-refractivity contribution in [3.8, 4) is 0 Å². The molecule has 0 unspecified atom stereocenters. The minimum absolute atomic E-state index is 0.00347. The molecule has 0 nitrogen and oxygen atoms in total. The Hall–Kier alpha value is -0.950. The van der Waals surface area contributed by atoms with Gasteiger partial charge in [-0.2, -0.15) is 13.2 Å². The summed E-state index contributed by atoms with van der Waals surface area (Å²) in [6, 6.07) is 0. The first kappa shape index (κ1) is 9.14. The Kier molecular flexibility index (Phi) is 2.43. The Labute approximate surface area is 69.1 Å². The predicted octanol–water partition coefficient (Wildman–Crippen LogP) is 3.37. The first-order chi connectivity index (χ1) is 5.54. The number of allylic oxidation sites excluding steroid dienone is 3. The van der Waals surface area contributed by atoms with E-state index in [0.29, 0.717) is 12.0 Å². The summed E-state index contributed by atoms with van der Waals surface area (Å²) in [7, 11) is 0. The lowest BCUT2D eigenvalue weighted by atomic mass is 10.00. The number of hydrogen-bond donors (Lipinski definition) is 0. The van der Waals surface area contributed by atoms with Crippen LogP contribution >= 0.6 is 0 Å². The molecule has 0 N–H and O–H groups in total. The molecule has 0 heterocycles. The van der Waals surface area contributed by atoms with Crippen molar-refractivity contribution in [3.63, 3.8) is 0 Å². The maximum atomic E-state index is 12.1. The van der Waals surface area contributed by atoms with Crippen LogP contribution in [0.2, 0.25) is 0 Å². The first-order valence-electron chi connectivity index (χ1n) is 3.75. The van der Waals surface area contributed by atoms with Gasteiger partial charge in [0.1, 0.15) is 0 Å². The van der Waals surface area contributed by atoms with Gasteiger partial charge >= 0.3 is 6.18 Å². The highest BCUT2D eigenvalue weighted by Gasteiger charge is 2.33. The molecule has 0 amide bonds. The van der Waals surface area contributed by atoms with Crippen molar-refractivity contribution in [2.45, 2.75) is 25.9 Å². The molecule has 3 heteroatoms. The predicted molar refractivity (Wildman–Crippen MR) is 40.6 cm³/mol. The topological polar surface area (TPSA) is 0 Å². The SMILES string of the molecule is CCC1=C=CC=C(C(F)(F)F)C1. The normalized spacial score (nSPS) is 17.3. The van der Waals surface area contributed by atoms with Crippen LogP contribution in [0.4, 0.5) is 13.2 Å². The second kappa shape index (κ2) is 3.20. The smallest absolute Gasteiger partial charge is 0.166 e. The van der Waals surface area contributed by atoms with Crippen molar-refractivity contribution < 1.29 is 13.2 Å². The molecule has 0 radical (unpaired) electrons. The summed E-state index contributed by atoms with van der Waals surface area (Å²) in [6.45, 7) is 1.83. The van der Waals surface area contributed by atoms with Gasteiger partial charge < -0.3 is 0 Å². The Balaban J connectivity index is 2.79. The van der Waals surface area contributed by atoms with Gasteiger partial charge in [0.15, 0.2) is 0 Å². The van der Waals surface area contributed by atoms with Crippen LogP contribution in [0.15, 0.2) is 29.0 Å². The van der Waals surface area contributed by atoms with E-state index in [1.54, 1.807) is 0 Å². The third-order valence-electron chi connectivity index (χ3n) is 1.77. The summed E-state index contributed by atoms with van der Waals surface area (Å²) in [6.07, 6.45) is -1.14. The van der Waals surface area contributed by atoms with Gasteiger partial charge in [-0.3, -0.25) is 0 Å². The van der Waals surface area contributed by atoms with E-state index in [4.69, 9.17) is 0 Å². The average molecular weight is 174 g/mol. The number of hydrogen-bond acceptors (Lipinski definition) is 0. The quantitative estimate of drug-likeness (QED) is 0.534. The second-order valence-corrected chi connectivity index (χ2v) is 2.63. The third-order valence-corrected chi connectivity index (χ3v) is 1.77. The van der Waals surface area contributed by atoms with Crippen LogP contribution in [0, 0.1) is 0 Å². The molecule has 0 aromatic heterocycles. The summed E-state index contributed by atoms with van der Waals surface area (Å²) < 4.78 is 36.4. The number of rotatable bonds is 1. The van der Waals surface area contributed by atoms with Crippen molar-refractivity contribution >= 4 is 0 Å². The zero-order valence-corrected chi connectivity index (χ0v) is 6.70. The van der Waals surface area contributed by atoms with E-state index < -0.39 is 11.7 Å². The maximum absolute atomic E-state index is 12.1. The lowest BCUT2D eigenvalue weighted by Gasteiger charge is -2.13. The molecule has 1 aliphatic carbocycles. The van der Waals surface area contributed by atoms with E-state index in [2.05, 4.69) is 5.73 Å². The van der Waals surface area contributed by atoms with Gasteiger partial charge in [0.05, 0.1) is 0 Å². The fourth-order valence-electron chi connectivity index (χ4n) is 1.02. The summed E-state index contributed by atoms with van der Waals surface area (Å²) in [4.78, 5) is 0. The van der Waals surface area contributed by atoms with E-state index in [0.717, 1.165) is 6.08 Å². The highest BCUT2D eigenvalue weighted by molar-refractivity contribution is 5.28. The number of alkyl halides is 3. The van der Waals surface area contributed by atoms with Gasteiger partial charge in [-0.15, -0.1) is 5.73 Å². The fourth-order valence-corrected chi connectivity index (χ4v) is 1.02. The third kappa shape index (κ3) is 2.02. The van der Waals surface area contributed by atoms with Crippen molar-refractivity contribution in [2.75, 3.05) is 0 Å². The second-order valence-electron chi connectivity index (χ2n) is 2.63. The fraction of sp³-hybridized carbons (Fsp3) is 0.444. The largest absolute Gasteiger partial charge is 0.413 e. The molecule has 0 saturated carbocycles. The Morgan fingerprint density at radius 2 is 2.17 bits per heavy atom. The van der Waals surface area contributed by atoms with Crippen molar-refractivity contribution in [3.05, 3.63) is 29.0 Å². The summed E-state index contributed by atoms with van der Waals surface area (Å²) in [5.74, 6) is 0. The van der Waals surface area contributed by atoms with E-state index in [1.807, 2.05) is 6.92 Å². The first-order valence-corrected chi connectivity index (χ1v) is 3.75. The highest BCUT2D eigenvalue weighted by atomic mass is 19.4. The minimum atomic E-state index is -4.18. The summed E-state index contributed by atoms with van der Waals surface area (Å²) >= 11 is 0. The molecule has 12 heavy (non-hydrogen) atoms. The van der Waals surface area contributed by atoms with E-state index >= 15 is 0 Å².